The molecular weight excluding hydrogens is 340 g/mol. The topological polar surface area (TPSA) is 46.3 Å². The van der Waals surface area contributed by atoms with Gasteiger partial charge in [0.15, 0.2) is 0 Å². The molecular formula is C18H18N2O2S2. The molecule has 1 atom stereocenters. The van der Waals surface area contributed by atoms with E-state index in [2.05, 4.69) is 21.8 Å². The molecule has 0 N–H and O–H groups in total. The Kier molecular flexibility index (Phi) is 4.24. The monoisotopic (exact) mass is 358 g/mol. The second kappa shape index (κ2) is 6.53. The van der Waals surface area contributed by atoms with Gasteiger partial charge >= 0.3 is 0 Å². The van der Waals surface area contributed by atoms with E-state index in [4.69, 9.17) is 4.42 Å². The molecule has 1 aliphatic rings. The van der Waals surface area contributed by atoms with Gasteiger partial charge in [-0.3, -0.25) is 4.79 Å². The molecule has 1 amide bonds. The molecule has 0 aromatic carbocycles. The first-order valence-electron chi connectivity index (χ1n) is 8.04. The van der Waals surface area contributed by atoms with Gasteiger partial charge in [-0.15, -0.1) is 11.3 Å². The highest BCUT2D eigenvalue weighted by Crippen LogP contribution is 2.34. The molecule has 0 radical (unpaired) electrons. The molecule has 0 bridgehead atoms. The lowest BCUT2D eigenvalue weighted by Gasteiger charge is -2.24. The largest absolute Gasteiger partial charge is 0.440 e. The highest BCUT2D eigenvalue weighted by atomic mass is 32.1. The Labute approximate surface area is 148 Å². The summed E-state index contributed by atoms with van der Waals surface area (Å²) >= 11 is 3.27. The number of aryl methyl sites for hydroxylation is 1. The molecule has 1 saturated heterocycles. The number of aromatic nitrogens is 1. The quantitative estimate of drug-likeness (QED) is 0.680. The van der Waals surface area contributed by atoms with Gasteiger partial charge in [0.25, 0.3) is 0 Å². The first kappa shape index (κ1) is 15.6. The van der Waals surface area contributed by atoms with Gasteiger partial charge in [0.2, 0.25) is 11.8 Å². The van der Waals surface area contributed by atoms with E-state index in [-0.39, 0.29) is 11.9 Å². The fraction of sp³-hybridized carbons (Fsp3) is 0.333. The Morgan fingerprint density at radius 2 is 2.33 bits per heavy atom. The maximum Gasteiger partial charge on any atom is 0.236 e. The normalized spacial score (nSPS) is 17.5. The van der Waals surface area contributed by atoms with Gasteiger partial charge in [-0.1, -0.05) is 6.07 Å². The zero-order chi connectivity index (χ0) is 16.5. The van der Waals surface area contributed by atoms with Crippen LogP contribution in [0.2, 0.25) is 0 Å². The molecule has 3 aromatic rings. The lowest BCUT2D eigenvalue weighted by Crippen LogP contribution is -2.31. The van der Waals surface area contributed by atoms with Crippen LogP contribution in [0.5, 0.6) is 0 Å². The maximum absolute atomic E-state index is 12.8. The standard InChI is InChI=1S/C18H18N2O2S2/c1-12-14(19-18(22-12)16-5-3-8-24-16)10-17(21)20-7-2-4-15(20)13-6-9-23-11-13/h3,5-6,8-9,11,15H,2,4,7,10H2,1H3/t15-/m1/s1. The van der Waals surface area contributed by atoms with Crippen molar-refractivity contribution in [1.29, 1.82) is 0 Å². The number of nitrogens with zero attached hydrogens (tertiary/aromatic N) is 2. The molecule has 6 heteroatoms. The van der Waals surface area contributed by atoms with Crippen molar-refractivity contribution in [3.8, 4) is 10.8 Å². The number of oxazole rings is 1. The summed E-state index contributed by atoms with van der Waals surface area (Å²) in [6, 6.07) is 6.29. The first-order chi connectivity index (χ1) is 11.7. The van der Waals surface area contributed by atoms with Gasteiger partial charge in [-0.2, -0.15) is 11.3 Å². The van der Waals surface area contributed by atoms with E-state index in [9.17, 15) is 4.79 Å². The van der Waals surface area contributed by atoms with Crippen LogP contribution in [0.15, 0.2) is 38.8 Å². The molecule has 24 heavy (non-hydrogen) atoms. The van der Waals surface area contributed by atoms with Gasteiger partial charge in [-0.05, 0) is 53.6 Å². The van der Waals surface area contributed by atoms with Crippen molar-refractivity contribution in [2.75, 3.05) is 6.54 Å². The smallest absolute Gasteiger partial charge is 0.236 e. The summed E-state index contributed by atoms with van der Waals surface area (Å²) in [5.41, 5.74) is 2.00. The van der Waals surface area contributed by atoms with Crippen LogP contribution in [0.4, 0.5) is 0 Å². The van der Waals surface area contributed by atoms with Crippen molar-refractivity contribution in [1.82, 2.24) is 9.88 Å². The molecule has 0 saturated carbocycles. The summed E-state index contributed by atoms with van der Waals surface area (Å²) in [5, 5.41) is 6.22. The highest BCUT2D eigenvalue weighted by molar-refractivity contribution is 7.13. The molecule has 1 aliphatic heterocycles. The molecule has 4 heterocycles. The number of amides is 1. The first-order valence-corrected chi connectivity index (χ1v) is 9.86. The van der Waals surface area contributed by atoms with E-state index in [1.165, 1.54) is 5.56 Å². The average Bonchev–Trinajstić information content (AvgIpc) is 3.36. The van der Waals surface area contributed by atoms with Crippen LogP contribution >= 0.6 is 22.7 Å². The highest BCUT2D eigenvalue weighted by Gasteiger charge is 2.31. The van der Waals surface area contributed by atoms with Crippen LogP contribution in [0.1, 0.15) is 35.9 Å². The van der Waals surface area contributed by atoms with Crippen LogP contribution in [0, 0.1) is 6.92 Å². The number of hydrogen-bond acceptors (Lipinski definition) is 5. The number of hydrogen-bond donors (Lipinski definition) is 0. The van der Waals surface area contributed by atoms with Crippen molar-refractivity contribution in [2.45, 2.75) is 32.2 Å². The van der Waals surface area contributed by atoms with E-state index >= 15 is 0 Å². The van der Waals surface area contributed by atoms with Gasteiger partial charge in [-0.25, -0.2) is 4.98 Å². The SMILES string of the molecule is Cc1oc(-c2cccs2)nc1CC(=O)N1CCC[C@@H]1c1ccsc1. The fourth-order valence-electron chi connectivity index (χ4n) is 3.22. The molecule has 0 spiro atoms. The third kappa shape index (κ3) is 2.91. The summed E-state index contributed by atoms with van der Waals surface area (Å²) in [6.07, 6.45) is 2.41. The van der Waals surface area contributed by atoms with E-state index < -0.39 is 0 Å². The number of rotatable bonds is 4. The van der Waals surface area contributed by atoms with Crippen molar-refractivity contribution in [3.05, 3.63) is 51.4 Å². The van der Waals surface area contributed by atoms with E-state index in [0.717, 1.165) is 35.7 Å². The Bertz CT molecular complexity index is 821. The van der Waals surface area contributed by atoms with Crippen molar-refractivity contribution in [2.24, 2.45) is 0 Å². The predicted octanol–water partition coefficient (Wildman–Crippen LogP) is 4.68. The van der Waals surface area contributed by atoms with E-state index in [0.29, 0.717) is 12.3 Å². The van der Waals surface area contributed by atoms with Crippen LogP contribution in [-0.2, 0) is 11.2 Å². The van der Waals surface area contributed by atoms with Crippen molar-refractivity contribution < 1.29 is 9.21 Å². The minimum atomic E-state index is 0.137. The molecule has 4 nitrogen and oxygen atoms in total. The van der Waals surface area contributed by atoms with Crippen LogP contribution < -0.4 is 0 Å². The maximum atomic E-state index is 12.8. The number of likely N-dealkylation sites (tertiary alicyclic amines) is 1. The lowest BCUT2D eigenvalue weighted by atomic mass is 10.1. The summed E-state index contributed by atoms with van der Waals surface area (Å²) < 4.78 is 5.75. The zero-order valence-electron chi connectivity index (χ0n) is 13.4. The van der Waals surface area contributed by atoms with Crippen LogP contribution in [-0.4, -0.2) is 22.3 Å². The van der Waals surface area contributed by atoms with Gasteiger partial charge in [0, 0.05) is 6.54 Å². The number of carbonyl (C=O) groups excluding carboxylic acids is 1. The fourth-order valence-corrected chi connectivity index (χ4v) is 4.57. The molecule has 4 rings (SSSR count). The second-order valence-electron chi connectivity index (χ2n) is 5.98. The summed E-state index contributed by atoms with van der Waals surface area (Å²) in [5.74, 6) is 1.48. The third-order valence-electron chi connectivity index (χ3n) is 4.44. The molecule has 0 aliphatic carbocycles. The minimum absolute atomic E-state index is 0.137. The Hall–Kier alpha value is -1.92. The molecule has 1 fully saturated rings. The van der Waals surface area contributed by atoms with E-state index in [1.807, 2.05) is 29.3 Å². The Morgan fingerprint density at radius 1 is 1.42 bits per heavy atom. The second-order valence-corrected chi connectivity index (χ2v) is 7.71. The summed E-state index contributed by atoms with van der Waals surface area (Å²) in [7, 11) is 0. The van der Waals surface area contributed by atoms with Crippen LogP contribution in [0.3, 0.4) is 0 Å². The molecule has 0 unspecified atom stereocenters. The van der Waals surface area contributed by atoms with Gasteiger partial charge in [0.05, 0.1) is 23.0 Å². The van der Waals surface area contributed by atoms with Gasteiger partial charge in [0.1, 0.15) is 5.76 Å². The average molecular weight is 358 g/mol. The van der Waals surface area contributed by atoms with Crippen LogP contribution in [0.25, 0.3) is 10.8 Å². The molecule has 124 valence electrons. The molecule has 3 aromatic heterocycles. The Morgan fingerprint density at radius 3 is 3.08 bits per heavy atom. The Balaban J connectivity index is 1.52. The predicted molar refractivity (Wildman–Crippen MR) is 96.3 cm³/mol. The van der Waals surface area contributed by atoms with Crippen molar-refractivity contribution >= 4 is 28.6 Å². The summed E-state index contributed by atoms with van der Waals surface area (Å²) in [6.45, 7) is 2.71. The summed E-state index contributed by atoms with van der Waals surface area (Å²) in [4.78, 5) is 20.4. The number of carbonyl (C=O) groups is 1. The third-order valence-corrected chi connectivity index (χ3v) is 6.00. The number of thiophene rings is 2. The van der Waals surface area contributed by atoms with Gasteiger partial charge < -0.3 is 9.32 Å². The van der Waals surface area contributed by atoms with Crippen molar-refractivity contribution in [3.63, 3.8) is 0 Å². The van der Waals surface area contributed by atoms with E-state index in [1.54, 1.807) is 22.7 Å². The lowest BCUT2D eigenvalue weighted by molar-refractivity contribution is -0.131. The minimum Gasteiger partial charge on any atom is -0.440 e. The zero-order valence-corrected chi connectivity index (χ0v) is 15.0.